The molecule has 0 aliphatic heterocycles. The molecule has 1 atom stereocenters. The molecule has 0 saturated heterocycles. The van der Waals surface area contributed by atoms with Gasteiger partial charge in [-0.25, -0.2) is 0 Å². The molecule has 0 rings (SSSR count). The highest BCUT2D eigenvalue weighted by molar-refractivity contribution is 9.10. The molecular weight excluding hydrogens is 190 g/mol. The number of rotatable bonds is 3. The van der Waals surface area contributed by atoms with Crippen LogP contribution in [0.15, 0.2) is 0 Å². The van der Waals surface area contributed by atoms with Crippen molar-refractivity contribution >= 4 is 41.1 Å². The summed E-state index contributed by atoms with van der Waals surface area (Å²) in [5.41, 5.74) is -0.356. The first-order chi connectivity index (χ1) is 3.68. The lowest BCUT2D eigenvalue weighted by Crippen LogP contribution is -2.13. The summed E-state index contributed by atoms with van der Waals surface area (Å²) >= 11 is 8.35. The van der Waals surface area contributed by atoms with E-state index >= 15 is 0 Å². The minimum absolute atomic E-state index is 0.264. The molecule has 0 N–H and O–H groups in total. The van der Waals surface area contributed by atoms with Crippen LogP contribution in [0.2, 0.25) is 0 Å². The van der Waals surface area contributed by atoms with Gasteiger partial charge < -0.3 is 4.79 Å². The fourth-order valence-electron chi connectivity index (χ4n) is 0.238. The van der Waals surface area contributed by atoms with E-state index in [-0.39, 0.29) is 10.5 Å². The molecule has 0 spiro atoms. The maximum atomic E-state index is 10.2. The zero-order chi connectivity index (χ0) is 6.57. The second kappa shape index (κ2) is 4.39. The van der Waals surface area contributed by atoms with Crippen molar-refractivity contribution < 1.29 is 4.79 Å². The Bertz CT molecular complexity index is 88.1. The van der Waals surface area contributed by atoms with Gasteiger partial charge in [0, 0.05) is 5.88 Å². The van der Waals surface area contributed by atoms with Crippen molar-refractivity contribution in [3.63, 3.8) is 0 Å². The van der Waals surface area contributed by atoms with E-state index in [2.05, 4.69) is 15.9 Å². The number of carbonyl (C=O) groups excluding carboxylic acids is 1. The van der Waals surface area contributed by atoms with Crippen LogP contribution in [0.3, 0.4) is 0 Å². The summed E-state index contributed by atoms with van der Waals surface area (Å²) < 4.78 is 0. The van der Waals surface area contributed by atoms with Gasteiger partial charge in [-0.15, -0.1) is 11.6 Å². The summed E-state index contributed by atoms with van der Waals surface area (Å²) in [6.07, 6.45) is 0.594. The van der Waals surface area contributed by atoms with Crippen LogP contribution >= 0.6 is 27.5 Å². The minimum Gasteiger partial charge on any atom is -0.312 e. The smallest absolute Gasteiger partial charge is 0.169 e. The number of halogens is 2. The maximum Gasteiger partial charge on any atom is 0.169 e. The molecule has 2 radical (unpaired) electrons. The predicted molar refractivity (Wildman–Crippen MR) is 38.8 cm³/mol. The summed E-state index contributed by atoms with van der Waals surface area (Å²) in [6, 6.07) is 0. The summed E-state index contributed by atoms with van der Waals surface area (Å²) in [6.45, 7) is 0. The van der Waals surface area contributed by atoms with Gasteiger partial charge in [0.1, 0.15) is 0 Å². The zero-order valence-electron chi connectivity index (χ0n) is 4.23. The van der Waals surface area contributed by atoms with E-state index < -0.39 is 0 Å². The van der Waals surface area contributed by atoms with Gasteiger partial charge in [0.25, 0.3) is 0 Å². The Kier molecular flexibility index (Phi) is 4.67. The highest BCUT2D eigenvalue weighted by Crippen LogP contribution is 2.04. The molecule has 44 valence electrons. The van der Waals surface area contributed by atoms with Gasteiger partial charge in [0.2, 0.25) is 0 Å². The van der Waals surface area contributed by atoms with Gasteiger partial charge in [-0.3, -0.25) is 0 Å². The maximum absolute atomic E-state index is 10.2. The van der Waals surface area contributed by atoms with Crippen molar-refractivity contribution in [2.24, 2.45) is 0 Å². The second-order valence-electron chi connectivity index (χ2n) is 1.35. The topological polar surface area (TPSA) is 17.1 Å². The first-order valence-electron chi connectivity index (χ1n) is 2.18. The van der Waals surface area contributed by atoms with E-state index in [1.54, 1.807) is 0 Å². The number of hydrogen-bond acceptors (Lipinski definition) is 1. The molecule has 8 heavy (non-hydrogen) atoms. The molecule has 0 amide bonds. The van der Waals surface area contributed by atoms with Crippen LogP contribution in [0, 0.1) is 0 Å². The van der Waals surface area contributed by atoms with E-state index in [1.807, 2.05) is 0 Å². The first-order valence-corrected chi connectivity index (χ1v) is 3.63. The zero-order valence-corrected chi connectivity index (χ0v) is 6.58. The SMILES string of the molecule is [B]C(=O)C(Br)CCCl. The van der Waals surface area contributed by atoms with E-state index in [9.17, 15) is 4.79 Å². The number of carbonyl (C=O) groups is 1. The summed E-state index contributed by atoms with van der Waals surface area (Å²) in [4.78, 5) is 9.94. The number of hydrogen-bond donors (Lipinski definition) is 0. The third-order valence-corrected chi connectivity index (χ3v) is 1.80. The third kappa shape index (κ3) is 3.50. The fraction of sp³-hybridized carbons (Fsp3) is 0.750. The molecule has 0 fully saturated rings. The van der Waals surface area contributed by atoms with Gasteiger partial charge in [-0.05, 0) is 6.42 Å². The Morgan fingerprint density at radius 1 is 1.88 bits per heavy atom. The predicted octanol–water partition coefficient (Wildman–Crippen LogP) is 1.07. The molecule has 0 aromatic rings. The van der Waals surface area contributed by atoms with Gasteiger partial charge in [0.05, 0.1) is 10.5 Å². The van der Waals surface area contributed by atoms with Gasteiger partial charge in [-0.1, -0.05) is 15.9 Å². The van der Waals surface area contributed by atoms with Crippen molar-refractivity contribution in [2.45, 2.75) is 11.2 Å². The molecule has 4 heteroatoms. The van der Waals surface area contributed by atoms with Crippen LogP contribution in [0.25, 0.3) is 0 Å². The largest absolute Gasteiger partial charge is 0.312 e. The Morgan fingerprint density at radius 3 is 2.50 bits per heavy atom. The van der Waals surface area contributed by atoms with E-state index in [4.69, 9.17) is 19.4 Å². The van der Waals surface area contributed by atoms with Crippen molar-refractivity contribution in [2.75, 3.05) is 5.88 Å². The van der Waals surface area contributed by atoms with E-state index in [0.717, 1.165) is 0 Å². The van der Waals surface area contributed by atoms with Gasteiger partial charge in [0.15, 0.2) is 7.85 Å². The van der Waals surface area contributed by atoms with Crippen molar-refractivity contribution in [1.82, 2.24) is 0 Å². The standard InChI is InChI=1S/C4H5BBrClO/c5-4(8)3(6)1-2-7/h3H,1-2H2. The molecule has 0 heterocycles. The minimum atomic E-state index is -0.356. The Balaban J connectivity index is 3.32. The van der Waals surface area contributed by atoms with Gasteiger partial charge in [-0.2, -0.15) is 0 Å². The van der Waals surface area contributed by atoms with Crippen molar-refractivity contribution in [3.05, 3.63) is 0 Å². The van der Waals surface area contributed by atoms with Crippen LogP contribution in [-0.4, -0.2) is 24.2 Å². The molecule has 1 nitrogen and oxygen atoms in total. The van der Waals surface area contributed by atoms with Crippen LogP contribution in [-0.2, 0) is 4.79 Å². The van der Waals surface area contributed by atoms with Crippen LogP contribution in [0.5, 0.6) is 0 Å². The molecule has 0 saturated carbocycles. The summed E-state index contributed by atoms with van der Waals surface area (Å²) in [5, 5.41) is 0. The molecule has 0 aliphatic rings. The molecule has 0 aliphatic carbocycles. The lowest BCUT2D eigenvalue weighted by Gasteiger charge is -1.99. The van der Waals surface area contributed by atoms with Crippen LogP contribution in [0.1, 0.15) is 6.42 Å². The van der Waals surface area contributed by atoms with Crippen LogP contribution in [0.4, 0.5) is 0 Å². The highest BCUT2D eigenvalue weighted by Gasteiger charge is 2.05. The average Bonchev–Trinajstić information content (AvgIpc) is 1.67. The Labute approximate surface area is 63.3 Å². The lowest BCUT2D eigenvalue weighted by molar-refractivity contribution is -0.111. The molecular formula is C4H5BBrClO. The normalized spacial score (nSPS) is 13.2. The monoisotopic (exact) mass is 194 g/mol. The van der Waals surface area contributed by atoms with Crippen molar-refractivity contribution in [3.8, 4) is 0 Å². The average molecular weight is 195 g/mol. The summed E-state index contributed by atoms with van der Waals surface area (Å²) in [7, 11) is 4.88. The van der Waals surface area contributed by atoms with E-state index in [0.29, 0.717) is 12.3 Å². The van der Waals surface area contributed by atoms with Gasteiger partial charge >= 0.3 is 0 Å². The first kappa shape index (κ1) is 8.50. The van der Waals surface area contributed by atoms with E-state index in [1.165, 1.54) is 0 Å². The molecule has 0 aromatic heterocycles. The Hall–Kier alpha value is 0.505. The molecule has 1 unspecified atom stereocenters. The molecule has 0 bridgehead atoms. The lowest BCUT2D eigenvalue weighted by atomic mass is 9.98. The highest BCUT2D eigenvalue weighted by atomic mass is 79.9. The quantitative estimate of drug-likeness (QED) is 0.486. The number of alkyl halides is 2. The fourth-order valence-corrected chi connectivity index (χ4v) is 0.949. The van der Waals surface area contributed by atoms with Crippen LogP contribution < -0.4 is 0 Å². The second-order valence-corrected chi connectivity index (χ2v) is 2.83. The third-order valence-electron chi connectivity index (χ3n) is 0.671. The van der Waals surface area contributed by atoms with Crippen molar-refractivity contribution in [1.29, 1.82) is 0 Å². The summed E-state index contributed by atoms with van der Waals surface area (Å²) in [5.74, 6) is 0.457. The molecule has 0 aromatic carbocycles. The Morgan fingerprint density at radius 2 is 2.38 bits per heavy atom.